The van der Waals surface area contributed by atoms with E-state index < -0.39 is 11.2 Å². The van der Waals surface area contributed by atoms with Gasteiger partial charge in [-0.25, -0.2) is 4.79 Å². The maximum atomic E-state index is 13.0. The van der Waals surface area contributed by atoms with Crippen molar-refractivity contribution in [3.05, 3.63) is 80.1 Å². The number of hydrogen-bond acceptors (Lipinski definition) is 3. The van der Waals surface area contributed by atoms with Crippen LogP contribution in [-0.4, -0.2) is 18.8 Å². The zero-order valence-corrected chi connectivity index (χ0v) is 16.4. The van der Waals surface area contributed by atoms with Crippen LogP contribution in [0.1, 0.15) is 5.56 Å². The molecule has 28 heavy (non-hydrogen) atoms. The predicted molar refractivity (Wildman–Crippen MR) is 111 cm³/mol. The Bertz CT molecular complexity index is 1360. The summed E-state index contributed by atoms with van der Waals surface area (Å²) in [6, 6.07) is 12.4. The topological polar surface area (TPSA) is 69.2 Å². The van der Waals surface area contributed by atoms with Gasteiger partial charge in [-0.3, -0.25) is 13.9 Å². The second-order valence-electron chi connectivity index (χ2n) is 6.82. The van der Waals surface area contributed by atoms with Gasteiger partial charge in [0.1, 0.15) is 5.75 Å². The number of fused-ring (bicyclic) bond motifs is 1. The second kappa shape index (κ2) is 6.42. The van der Waals surface area contributed by atoms with E-state index in [0.29, 0.717) is 27.3 Å². The molecule has 0 atom stereocenters. The first-order chi connectivity index (χ1) is 13.3. The molecule has 0 saturated heterocycles. The molecular weight excluding hydrogens is 378 g/mol. The fourth-order valence-corrected chi connectivity index (χ4v) is 3.66. The average Bonchev–Trinajstić information content (AvgIpc) is 3.07. The number of benzene rings is 2. The number of rotatable bonds is 2. The Kier molecular flexibility index (Phi) is 4.16. The average molecular weight is 396 g/mol. The lowest BCUT2D eigenvalue weighted by Gasteiger charge is -2.12. The number of nitrogens with zero attached hydrogens (tertiary/aromatic N) is 3. The minimum atomic E-state index is -0.416. The molecule has 0 aliphatic rings. The lowest BCUT2D eigenvalue weighted by molar-refractivity contribution is 0.472. The van der Waals surface area contributed by atoms with Crippen LogP contribution in [0.5, 0.6) is 5.75 Å². The van der Waals surface area contributed by atoms with Crippen LogP contribution in [0.15, 0.2) is 58.3 Å². The highest BCUT2D eigenvalue weighted by molar-refractivity contribution is 6.30. The zero-order valence-electron chi connectivity index (χ0n) is 15.6. The predicted octanol–water partition coefficient (Wildman–Crippen LogP) is 3.36. The molecule has 0 saturated carbocycles. The Morgan fingerprint density at radius 1 is 1.00 bits per heavy atom. The van der Waals surface area contributed by atoms with Gasteiger partial charge in [-0.1, -0.05) is 35.4 Å². The van der Waals surface area contributed by atoms with Crippen molar-refractivity contribution in [2.45, 2.75) is 6.92 Å². The molecule has 1 N–H and O–H groups in total. The standard InChI is InChI=1S/C21H18ClN3O3/c1-12-5-4-6-13(9-12)19-18-16(23(2)21(28)24(3)20(18)27)11-25(19)15-10-14(22)7-8-17(15)26/h4-11,26H,1-3H3. The molecule has 7 heteroatoms. The molecule has 0 bridgehead atoms. The number of aromatic hydroxyl groups is 1. The summed E-state index contributed by atoms with van der Waals surface area (Å²) in [5.41, 5.74) is 2.50. The van der Waals surface area contributed by atoms with Gasteiger partial charge >= 0.3 is 5.69 Å². The smallest absolute Gasteiger partial charge is 0.330 e. The van der Waals surface area contributed by atoms with Crippen molar-refractivity contribution in [1.29, 1.82) is 0 Å². The summed E-state index contributed by atoms with van der Waals surface area (Å²) < 4.78 is 4.22. The molecule has 0 unspecified atom stereocenters. The summed E-state index contributed by atoms with van der Waals surface area (Å²) >= 11 is 6.16. The van der Waals surface area contributed by atoms with E-state index in [1.54, 1.807) is 29.9 Å². The van der Waals surface area contributed by atoms with Gasteiger partial charge in [0, 0.05) is 25.3 Å². The van der Waals surface area contributed by atoms with Crippen LogP contribution in [0.3, 0.4) is 0 Å². The molecule has 2 aromatic heterocycles. The van der Waals surface area contributed by atoms with E-state index in [4.69, 9.17) is 11.6 Å². The van der Waals surface area contributed by atoms with Crippen molar-refractivity contribution in [1.82, 2.24) is 13.7 Å². The van der Waals surface area contributed by atoms with E-state index in [1.807, 2.05) is 31.2 Å². The van der Waals surface area contributed by atoms with Gasteiger partial charge in [0.25, 0.3) is 5.56 Å². The molecule has 4 rings (SSSR count). The third-order valence-corrected chi connectivity index (χ3v) is 5.16. The van der Waals surface area contributed by atoms with Crippen LogP contribution in [0.2, 0.25) is 5.02 Å². The van der Waals surface area contributed by atoms with E-state index >= 15 is 0 Å². The van der Waals surface area contributed by atoms with Crippen molar-refractivity contribution < 1.29 is 5.11 Å². The highest BCUT2D eigenvalue weighted by atomic mass is 35.5. The van der Waals surface area contributed by atoms with E-state index in [9.17, 15) is 14.7 Å². The Hall–Kier alpha value is -3.25. The van der Waals surface area contributed by atoms with Crippen molar-refractivity contribution in [2.24, 2.45) is 14.1 Å². The molecule has 2 heterocycles. The van der Waals surface area contributed by atoms with Gasteiger partial charge in [-0.2, -0.15) is 0 Å². The molecule has 0 aliphatic carbocycles. The van der Waals surface area contributed by atoms with Gasteiger partial charge < -0.3 is 9.67 Å². The Labute approximate surface area is 165 Å². The van der Waals surface area contributed by atoms with Crippen molar-refractivity contribution >= 4 is 22.5 Å². The van der Waals surface area contributed by atoms with E-state index in [1.165, 1.54) is 17.7 Å². The number of phenols is 1. The van der Waals surface area contributed by atoms with Gasteiger partial charge in [-0.05, 0) is 36.8 Å². The minimum Gasteiger partial charge on any atom is -0.506 e. The molecule has 0 amide bonds. The minimum absolute atomic E-state index is 0.0143. The van der Waals surface area contributed by atoms with Gasteiger partial charge in [0.2, 0.25) is 0 Å². The first-order valence-electron chi connectivity index (χ1n) is 8.66. The van der Waals surface area contributed by atoms with E-state index in [0.717, 1.165) is 15.7 Å². The van der Waals surface area contributed by atoms with Crippen molar-refractivity contribution in [2.75, 3.05) is 0 Å². The summed E-state index contributed by atoms with van der Waals surface area (Å²) in [7, 11) is 3.07. The first-order valence-corrected chi connectivity index (χ1v) is 9.04. The number of halogens is 1. The van der Waals surface area contributed by atoms with E-state index in [-0.39, 0.29) is 5.75 Å². The zero-order chi connectivity index (χ0) is 20.2. The largest absolute Gasteiger partial charge is 0.506 e. The van der Waals surface area contributed by atoms with Crippen LogP contribution < -0.4 is 11.2 Å². The highest BCUT2D eigenvalue weighted by Gasteiger charge is 2.21. The number of aromatic nitrogens is 3. The summed E-state index contributed by atoms with van der Waals surface area (Å²) in [5.74, 6) is 0.0143. The molecular formula is C21H18ClN3O3. The van der Waals surface area contributed by atoms with Gasteiger partial charge in [-0.15, -0.1) is 0 Å². The SMILES string of the molecule is Cc1cccc(-c2c3c(=O)n(C)c(=O)n(C)c3cn2-c2cc(Cl)ccc2O)c1. The maximum absolute atomic E-state index is 13.0. The summed E-state index contributed by atoms with van der Waals surface area (Å²) in [6.45, 7) is 1.96. The fourth-order valence-electron chi connectivity index (χ4n) is 3.50. The molecule has 0 fully saturated rings. The van der Waals surface area contributed by atoms with Gasteiger partial charge in [0.05, 0.1) is 22.3 Å². The van der Waals surface area contributed by atoms with Crippen LogP contribution in [0.25, 0.3) is 27.8 Å². The van der Waals surface area contributed by atoms with Crippen molar-refractivity contribution in [3.63, 3.8) is 0 Å². The normalized spacial score (nSPS) is 11.3. The molecule has 0 aliphatic heterocycles. The summed E-state index contributed by atoms with van der Waals surface area (Å²) in [4.78, 5) is 25.4. The molecule has 0 spiro atoms. The van der Waals surface area contributed by atoms with Gasteiger partial charge in [0.15, 0.2) is 0 Å². The third kappa shape index (κ3) is 2.65. The number of phenolic OH excluding ortho intramolecular Hbond substituents is 1. The first kappa shape index (κ1) is 18.1. The lowest BCUT2D eigenvalue weighted by Crippen LogP contribution is -2.36. The summed E-state index contributed by atoms with van der Waals surface area (Å²) in [6.07, 6.45) is 1.68. The quantitative estimate of drug-likeness (QED) is 0.565. The Morgan fingerprint density at radius 2 is 1.75 bits per heavy atom. The lowest BCUT2D eigenvalue weighted by atomic mass is 10.1. The molecule has 4 aromatic rings. The third-order valence-electron chi connectivity index (χ3n) is 4.93. The molecule has 6 nitrogen and oxygen atoms in total. The maximum Gasteiger partial charge on any atom is 0.330 e. The highest BCUT2D eigenvalue weighted by Crippen LogP contribution is 2.35. The molecule has 2 aromatic carbocycles. The monoisotopic (exact) mass is 395 g/mol. The number of aryl methyl sites for hydroxylation is 2. The molecule has 0 radical (unpaired) electrons. The Balaban J connectivity index is 2.25. The second-order valence-corrected chi connectivity index (χ2v) is 7.25. The number of hydrogen-bond donors (Lipinski definition) is 1. The van der Waals surface area contributed by atoms with E-state index in [2.05, 4.69) is 0 Å². The van der Waals surface area contributed by atoms with Crippen LogP contribution in [0.4, 0.5) is 0 Å². The summed E-state index contributed by atoms with van der Waals surface area (Å²) in [5, 5.41) is 11.3. The van der Waals surface area contributed by atoms with Crippen LogP contribution >= 0.6 is 11.6 Å². The Morgan fingerprint density at radius 3 is 2.46 bits per heavy atom. The van der Waals surface area contributed by atoms with Crippen molar-refractivity contribution in [3.8, 4) is 22.7 Å². The fraction of sp³-hybridized carbons (Fsp3) is 0.143. The molecule has 142 valence electrons. The van der Waals surface area contributed by atoms with Crippen LogP contribution in [-0.2, 0) is 14.1 Å². The van der Waals surface area contributed by atoms with Crippen LogP contribution in [0, 0.1) is 6.92 Å².